The summed E-state index contributed by atoms with van der Waals surface area (Å²) in [5.41, 5.74) is 3.16. The Bertz CT molecular complexity index is 1240. The Morgan fingerprint density at radius 3 is 2.23 bits per heavy atom. The largest absolute Gasteiger partial charge is 0.379 e. The highest BCUT2D eigenvalue weighted by molar-refractivity contribution is 7.87. The van der Waals surface area contributed by atoms with Crippen LogP contribution in [0.15, 0.2) is 94.5 Å². The van der Waals surface area contributed by atoms with Gasteiger partial charge in [0.15, 0.2) is 0 Å². The summed E-state index contributed by atoms with van der Waals surface area (Å²) in [4.78, 5) is 17.0. The van der Waals surface area contributed by atoms with Crippen molar-refractivity contribution < 1.29 is 22.2 Å². The molecule has 0 spiro atoms. The maximum atomic E-state index is 12.4. The van der Waals surface area contributed by atoms with E-state index in [0.29, 0.717) is 16.8 Å². The summed E-state index contributed by atoms with van der Waals surface area (Å²) < 4.78 is 30.0. The highest BCUT2D eigenvalue weighted by atomic mass is 32.2. The lowest BCUT2D eigenvalue weighted by atomic mass is 10.0. The van der Waals surface area contributed by atoms with E-state index >= 15 is 0 Å². The first-order valence-corrected chi connectivity index (χ1v) is 10.5. The molecule has 3 aromatic rings. The average Bonchev–Trinajstić information content (AvgIpc) is 3.10. The second-order valence-corrected chi connectivity index (χ2v) is 8.21. The van der Waals surface area contributed by atoms with Gasteiger partial charge in [0.2, 0.25) is 0 Å². The lowest BCUT2D eigenvalue weighted by molar-refractivity contribution is -0.136. The number of aryl methyl sites for hydroxylation is 1. The van der Waals surface area contributed by atoms with Crippen molar-refractivity contribution >= 4 is 27.9 Å². The minimum atomic E-state index is -3.93. The molecule has 1 aliphatic heterocycles. The van der Waals surface area contributed by atoms with Crippen LogP contribution in [-0.4, -0.2) is 20.1 Å². The van der Waals surface area contributed by atoms with Crippen LogP contribution >= 0.6 is 0 Å². The van der Waals surface area contributed by atoms with Gasteiger partial charge in [0.25, 0.3) is 0 Å². The van der Waals surface area contributed by atoms with Gasteiger partial charge >= 0.3 is 16.1 Å². The highest BCUT2D eigenvalue weighted by Crippen LogP contribution is 2.23. The van der Waals surface area contributed by atoms with Crippen molar-refractivity contribution in [2.75, 3.05) is 0 Å². The molecule has 0 N–H and O–H groups in total. The van der Waals surface area contributed by atoms with Crippen LogP contribution in [0.2, 0.25) is 0 Å². The Balaban J connectivity index is 1.55. The summed E-state index contributed by atoms with van der Waals surface area (Å²) in [5, 5.41) is 3.87. The topological polar surface area (TPSA) is 82.0 Å². The van der Waals surface area contributed by atoms with E-state index in [0.717, 1.165) is 11.1 Å². The summed E-state index contributed by atoms with van der Waals surface area (Å²) in [7, 11) is -3.93. The lowest BCUT2D eigenvalue weighted by Crippen LogP contribution is -2.09. The first-order valence-electron chi connectivity index (χ1n) is 9.10. The van der Waals surface area contributed by atoms with E-state index in [1.807, 2.05) is 37.3 Å². The number of hydrogen-bond acceptors (Lipinski definition) is 6. The molecule has 0 saturated carbocycles. The van der Waals surface area contributed by atoms with Gasteiger partial charge in [-0.1, -0.05) is 65.3 Å². The first kappa shape index (κ1) is 19.6. The number of carbonyl (C=O) groups excluding carboxylic acids is 1. The van der Waals surface area contributed by atoms with E-state index < -0.39 is 16.1 Å². The number of oxime groups is 1. The Morgan fingerprint density at radius 1 is 0.900 bits per heavy atom. The molecule has 0 aliphatic carbocycles. The molecule has 3 aromatic carbocycles. The van der Waals surface area contributed by atoms with E-state index in [1.54, 1.807) is 30.3 Å². The average molecular weight is 419 g/mol. The van der Waals surface area contributed by atoms with E-state index in [2.05, 4.69) is 5.16 Å². The third-order valence-corrected chi connectivity index (χ3v) is 5.71. The summed E-state index contributed by atoms with van der Waals surface area (Å²) in [6.07, 6.45) is 1.64. The quantitative estimate of drug-likeness (QED) is 0.353. The maximum Gasteiger partial charge on any atom is 0.368 e. The standard InChI is InChI=1S/C23H17NO5S/c1-16-7-13-20(14-8-16)30(26,27)29-19-11-9-17(10-12-19)15-21-22(24-28-23(21)25)18-5-3-2-4-6-18/h2-15H,1H3. The number of benzene rings is 3. The predicted octanol–water partition coefficient (Wildman–Crippen LogP) is 4.11. The molecule has 0 unspecified atom stereocenters. The first-order chi connectivity index (χ1) is 14.4. The molecule has 0 saturated heterocycles. The van der Waals surface area contributed by atoms with Crippen molar-refractivity contribution in [2.24, 2.45) is 5.16 Å². The van der Waals surface area contributed by atoms with Crippen molar-refractivity contribution in [3.05, 3.63) is 101 Å². The van der Waals surface area contributed by atoms with E-state index in [4.69, 9.17) is 9.02 Å². The van der Waals surface area contributed by atoms with Crippen LogP contribution in [0.25, 0.3) is 6.08 Å². The van der Waals surface area contributed by atoms with Crippen LogP contribution in [0.5, 0.6) is 5.75 Å². The number of rotatable bonds is 5. The van der Waals surface area contributed by atoms with Gasteiger partial charge in [-0.2, -0.15) is 8.42 Å². The van der Waals surface area contributed by atoms with Gasteiger partial charge in [0.1, 0.15) is 16.4 Å². The Kier molecular flexibility index (Phi) is 5.20. The molecular formula is C23H17NO5S. The van der Waals surface area contributed by atoms with Gasteiger partial charge in [-0.15, -0.1) is 0 Å². The van der Waals surface area contributed by atoms with Crippen LogP contribution < -0.4 is 4.18 Å². The fourth-order valence-electron chi connectivity index (χ4n) is 2.88. The molecule has 0 amide bonds. The van der Waals surface area contributed by atoms with Crippen molar-refractivity contribution in [2.45, 2.75) is 11.8 Å². The van der Waals surface area contributed by atoms with Crippen LogP contribution in [-0.2, 0) is 19.8 Å². The molecule has 7 heteroatoms. The zero-order valence-electron chi connectivity index (χ0n) is 16.0. The number of carbonyl (C=O) groups is 1. The van der Waals surface area contributed by atoms with Gasteiger partial charge in [0.05, 0.1) is 5.57 Å². The molecular weight excluding hydrogens is 402 g/mol. The predicted molar refractivity (Wildman–Crippen MR) is 112 cm³/mol. The monoisotopic (exact) mass is 419 g/mol. The van der Waals surface area contributed by atoms with E-state index in [1.165, 1.54) is 24.3 Å². The van der Waals surface area contributed by atoms with Crippen LogP contribution in [0, 0.1) is 6.92 Å². The van der Waals surface area contributed by atoms with Crippen molar-refractivity contribution in [1.29, 1.82) is 0 Å². The number of nitrogens with zero attached hydrogens (tertiary/aromatic N) is 1. The Morgan fingerprint density at radius 2 is 1.57 bits per heavy atom. The molecule has 6 nitrogen and oxygen atoms in total. The Hall–Kier alpha value is -3.71. The van der Waals surface area contributed by atoms with Crippen molar-refractivity contribution in [3.8, 4) is 5.75 Å². The van der Waals surface area contributed by atoms with Gasteiger partial charge in [-0.3, -0.25) is 0 Å². The van der Waals surface area contributed by atoms with Crippen molar-refractivity contribution in [1.82, 2.24) is 0 Å². The second kappa shape index (κ2) is 7.96. The fourth-order valence-corrected chi connectivity index (χ4v) is 3.81. The van der Waals surface area contributed by atoms with Crippen LogP contribution in [0.3, 0.4) is 0 Å². The summed E-state index contributed by atoms with van der Waals surface area (Å²) in [6.45, 7) is 1.87. The van der Waals surface area contributed by atoms with Gasteiger partial charge in [-0.25, -0.2) is 4.79 Å². The fraction of sp³-hybridized carbons (Fsp3) is 0.0435. The molecule has 1 heterocycles. The minimum Gasteiger partial charge on any atom is -0.379 e. The van der Waals surface area contributed by atoms with Crippen LogP contribution in [0.4, 0.5) is 0 Å². The summed E-state index contributed by atoms with van der Waals surface area (Å²) in [5.74, 6) is -0.375. The third-order valence-electron chi connectivity index (χ3n) is 4.45. The molecule has 4 rings (SSSR count). The molecule has 0 bridgehead atoms. The molecule has 150 valence electrons. The number of hydrogen-bond donors (Lipinski definition) is 0. The molecule has 0 fully saturated rings. The normalized spacial score (nSPS) is 15.0. The zero-order valence-corrected chi connectivity index (χ0v) is 16.8. The molecule has 0 radical (unpaired) electrons. The molecule has 0 aromatic heterocycles. The smallest absolute Gasteiger partial charge is 0.368 e. The molecule has 1 aliphatic rings. The summed E-state index contributed by atoms with van der Waals surface area (Å²) in [6, 6.07) is 22.0. The molecule has 30 heavy (non-hydrogen) atoms. The van der Waals surface area contributed by atoms with Gasteiger partial charge < -0.3 is 9.02 Å². The van der Waals surface area contributed by atoms with Gasteiger partial charge in [0, 0.05) is 5.56 Å². The third kappa shape index (κ3) is 4.16. The minimum absolute atomic E-state index is 0.0803. The maximum absolute atomic E-state index is 12.4. The van der Waals surface area contributed by atoms with Crippen molar-refractivity contribution in [3.63, 3.8) is 0 Å². The van der Waals surface area contributed by atoms with E-state index in [-0.39, 0.29) is 10.6 Å². The molecule has 0 atom stereocenters. The van der Waals surface area contributed by atoms with Gasteiger partial charge in [-0.05, 0) is 42.8 Å². The zero-order chi connectivity index (χ0) is 21.1. The van der Waals surface area contributed by atoms with Crippen LogP contribution in [0.1, 0.15) is 16.7 Å². The Labute approximate surface area is 174 Å². The summed E-state index contributed by atoms with van der Waals surface area (Å²) >= 11 is 0. The lowest BCUT2D eigenvalue weighted by Gasteiger charge is -2.07. The SMILES string of the molecule is Cc1ccc(S(=O)(=O)Oc2ccc(C=C3C(=O)ON=C3c3ccccc3)cc2)cc1. The highest BCUT2D eigenvalue weighted by Gasteiger charge is 2.26. The second-order valence-electron chi connectivity index (χ2n) is 6.66. The van der Waals surface area contributed by atoms with E-state index in [9.17, 15) is 13.2 Å².